The van der Waals surface area contributed by atoms with Crippen LogP contribution in [-0.4, -0.2) is 11.3 Å². The molecule has 0 atom stereocenters. The van der Waals surface area contributed by atoms with E-state index in [1.54, 1.807) is 6.20 Å². The molecule has 0 fully saturated rings. The van der Waals surface area contributed by atoms with Crippen LogP contribution < -0.4 is 5.73 Å². The monoisotopic (exact) mass is 262 g/mol. The predicted molar refractivity (Wildman–Crippen MR) is 80.5 cm³/mol. The van der Waals surface area contributed by atoms with E-state index in [1.807, 2.05) is 48.5 Å². The van der Waals surface area contributed by atoms with Crippen molar-refractivity contribution in [2.75, 3.05) is 0 Å². The third-order valence-electron chi connectivity index (χ3n) is 3.44. The lowest BCUT2D eigenvalue weighted by Gasteiger charge is -2.08. The van der Waals surface area contributed by atoms with Crippen LogP contribution in [0.5, 0.6) is 0 Å². The first kappa shape index (κ1) is 12.5. The number of nitrogens with two attached hydrogens (primary N) is 1. The fraction of sp³-hybridized carbons (Fsp3) is 0.0588. The van der Waals surface area contributed by atoms with Crippen molar-refractivity contribution in [2.24, 2.45) is 5.73 Å². The van der Waals surface area contributed by atoms with Crippen molar-refractivity contribution in [3.63, 3.8) is 0 Å². The molecule has 0 bridgehead atoms. The Kier molecular flexibility index (Phi) is 3.27. The molecule has 1 aromatic heterocycles. The molecule has 20 heavy (non-hydrogen) atoms. The number of nitrogens with zero attached hydrogens (tertiary/aromatic N) is 1. The van der Waals surface area contributed by atoms with Gasteiger partial charge >= 0.3 is 0 Å². The van der Waals surface area contributed by atoms with Gasteiger partial charge in [-0.15, -0.1) is 0 Å². The van der Waals surface area contributed by atoms with Gasteiger partial charge in [0.1, 0.15) is 5.69 Å². The highest BCUT2D eigenvalue weighted by molar-refractivity contribution is 6.03. The molecule has 0 aliphatic rings. The second-order valence-electron chi connectivity index (χ2n) is 4.62. The quantitative estimate of drug-likeness (QED) is 0.737. The number of pyridine rings is 1. The molecule has 1 heterocycles. The molecule has 0 amide bonds. The molecule has 2 aromatic carbocycles. The minimum absolute atomic E-state index is 0.475. The van der Waals surface area contributed by atoms with Gasteiger partial charge in [-0.3, -0.25) is 9.78 Å². The van der Waals surface area contributed by atoms with E-state index < -0.39 is 0 Å². The SMILES string of the molecule is NCc1ccc(-c2cnc(C=O)c3ccccc23)cc1. The molecular formula is C17H14N2O. The maximum atomic E-state index is 11.1. The first-order valence-electron chi connectivity index (χ1n) is 6.46. The van der Waals surface area contributed by atoms with Crippen molar-refractivity contribution in [3.05, 3.63) is 66.0 Å². The average molecular weight is 262 g/mol. The van der Waals surface area contributed by atoms with Crippen molar-refractivity contribution >= 4 is 17.1 Å². The first-order valence-corrected chi connectivity index (χ1v) is 6.46. The normalized spacial score (nSPS) is 10.7. The second-order valence-corrected chi connectivity index (χ2v) is 4.62. The summed E-state index contributed by atoms with van der Waals surface area (Å²) in [4.78, 5) is 15.3. The summed E-state index contributed by atoms with van der Waals surface area (Å²) >= 11 is 0. The van der Waals surface area contributed by atoms with E-state index in [4.69, 9.17) is 5.73 Å². The highest BCUT2D eigenvalue weighted by atomic mass is 16.1. The van der Waals surface area contributed by atoms with Crippen molar-refractivity contribution < 1.29 is 4.79 Å². The molecule has 0 radical (unpaired) electrons. The fourth-order valence-corrected chi connectivity index (χ4v) is 2.36. The number of aldehydes is 1. The molecule has 0 saturated heterocycles. The van der Waals surface area contributed by atoms with Crippen LogP contribution in [0.4, 0.5) is 0 Å². The van der Waals surface area contributed by atoms with Crippen LogP contribution in [0.25, 0.3) is 21.9 Å². The lowest BCUT2D eigenvalue weighted by atomic mass is 9.98. The van der Waals surface area contributed by atoms with Crippen LogP contribution in [0.1, 0.15) is 16.1 Å². The van der Waals surface area contributed by atoms with E-state index in [-0.39, 0.29) is 0 Å². The number of rotatable bonds is 3. The number of fused-ring (bicyclic) bond motifs is 1. The topological polar surface area (TPSA) is 56.0 Å². The summed E-state index contributed by atoms with van der Waals surface area (Å²) in [6, 6.07) is 15.9. The smallest absolute Gasteiger partial charge is 0.169 e. The number of carbonyl (C=O) groups is 1. The van der Waals surface area contributed by atoms with Gasteiger partial charge in [-0.2, -0.15) is 0 Å². The Labute approximate surface area is 117 Å². The summed E-state index contributed by atoms with van der Waals surface area (Å²) in [5.74, 6) is 0. The van der Waals surface area contributed by atoms with Gasteiger partial charge in [0.15, 0.2) is 6.29 Å². The molecule has 0 aliphatic heterocycles. The summed E-state index contributed by atoms with van der Waals surface area (Å²) in [5, 5.41) is 1.91. The van der Waals surface area contributed by atoms with E-state index in [2.05, 4.69) is 4.98 Å². The molecule has 0 unspecified atom stereocenters. The van der Waals surface area contributed by atoms with Gasteiger partial charge in [0, 0.05) is 23.7 Å². The van der Waals surface area contributed by atoms with Crippen LogP contribution in [0.3, 0.4) is 0 Å². The highest BCUT2D eigenvalue weighted by Gasteiger charge is 2.08. The van der Waals surface area contributed by atoms with Crippen molar-refractivity contribution in [1.82, 2.24) is 4.98 Å². The summed E-state index contributed by atoms with van der Waals surface area (Å²) in [5.41, 5.74) is 9.28. The fourth-order valence-electron chi connectivity index (χ4n) is 2.36. The number of hydrogen-bond donors (Lipinski definition) is 1. The zero-order valence-electron chi connectivity index (χ0n) is 10.9. The van der Waals surface area contributed by atoms with Crippen molar-refractivity contribution in [3.8, 4) is 11.1 Å². The molecular weight excluding hydrogens is 248 g/mol. The van der Waals surface area contributed by atoms with Gasteiger partial charge in [-0.1, -0.05) is 48.5 Å². The van der Waals surface area contributed by atoms with Crippen molar-refractivity contribution in [1.29, 1.82) is 0 Å². The predicted octanol–water partition coefficient (Wildman–Crippen LogP) is 3.17. The Morgan fingerprint density at radius 3 is 2.35 bits per heavy atom. The lowest BCUT2D eigenvalue weighted by Crippen LogP contribution is -1.96. The van der Waals surface area contributed by atoms with E-state index in [0.29, 0.717) is 12.2 Å². The Morgan fingerprint density at radius 1 is 1.00 bits per heavy atom. The zero-order chi connectivity index (χ0) is 13.9. The molecule has 98 valence electrons. The van der Waals surface area contributed by atoms with Crippen LogP contribution >= 0.6 is 0 Å². The summed E-state index contributed by atoms with van der Waals surface area (Å²) < 4.78 is 0. The van der Waals surface area contributed by atoms with Crippen molar-refractivity contribution in [2.45, 2.75) is 6.54 Å². The Morgan fingerprint density at radius 2 is 1.70 bits per heavy atom. The molecule has 0 aliphatic carbocycles. The van der Waals surface area contributed by atoms with Crippen LogP contribution in [0.15, 0.2) is 54.7 Å². The highest BCUT2D eigenvalue weighted by Crippen LogP contribution is 2.29. The largest absolute Gasteiger partial charge is 0.326 e. The molecule has 3 heteroatoms. The van der Waals surface area contributed by atoms with E-state index in [1.165, 1.54) is 0 Å². The van der Waals surface area contributed by atoms with Gasteiger partial charge in [-0.25, -0.2) is 0 Å². The maximum absolute atomic E-state index is 11.1. The molecule has 0 saturated carbocycles. The van der Waals surface area contributed by atoms with E-state index in [0.717, 1.165) is 33.7 Å². The Bertz CT molecular complexity index is 764. The minimum Gasteiger partial charge on any atom is -0.326 e. The molecule has 3 nitrogen and oxygen atoms in total. The Hall–Kier alpha value is -2.52. The Balaban J connectivity index is 2.23. The number of aromatic nitrogens is 1. The van der Waals surface area contributed by atoms with Crippen LogP contribution in [0, 0.1) is 0 Å². The van der Waals surface area contributed by atoms with Gasteiger partial charge in [0.05, 0.1) is 0 Å². The minimum atomic E-state index is 0.475. The van der Waals surface area contributed by atoms with Gasteiger partial charge in [0.2, 0.25) is 0 Å². The van der Waals surface area contributed by atoms with Gasteiger partial charge in [-0.05, 0) is 16.5 Å². The lowest BCUT2D eigenvalue weighted by molar-refractivity contribution is 0.112. The molecule has 3 aromatic rings. The molecule has 2 N–H and O–H groups in total. The van der Waals surface area contributed by atoms with Crippen LogP contribution in [-0.2, 0) is 6.54 Å². The van der Waals surface area contributed by atoms with E-state index in [9.17, 15) is 4.79 Å². The maximum Gasteiger partial charge on any atom is 0.169 e. The zero-order valence-corrected chi connectivity index (χ0v) is 10.9. The summed E-state index contributed by atoms with van der Waals surface area (Å²) in [6.07, 6.45) is 2.55. The summed E-state index contributed by atoms with van der Waals surface area (Å²) in [7, 11) is 0. The third-order valence-corrected chi connectivity index (χ3v) is 3.44. The summed E-state index contributed by atoms with van der Waals surface area (Å²) in [6.45, 7) is 0.531. The third kappa shape index (κ3) is 2.08. The average Bonchev–Trinajstić information content (AvgIpc) is 2.54. The molecule has 0 spiro atoms. The first-order chi connectivity index (χ1) is 9.83. The second kappa shape index (κ2) is 5.23. The van der Waals surface area contributed by atoms with Gasteiger partial charge in [0.25, 0.3) is 0 Å². The molecule has 3 rings (SSSR count). The van der Waals surface area contributed by atoms with Crippen LogP contribution in [0.2, 0.25) is 0 Å². The standard InChI is InChI=1S/C17H14N2O/c18-9-12-5-7-13(8-6-12)16-10-19-17(11-20)15-4-2-1-3-14(15)16/h1-8,10-11H,9,18H2. The number of carbonyl (C=O) groups excluding carboxylic acids is 1. The van der Waals surface area contributed by atoms with Gasteiger partial charge < -0.3 is 5.73 Å². The number of benzene rings is 2. The number of hydrogen-bond acceptors (Lipinski definition) is 3. The van der Waals surface area contributed by atoms with E-state index >= 15 is 0 Å².